The lowest BCUT2D eigenvalue weighted by Gasteiger charge is -2.28. The largest absolute Gasteiger partial charge is 0.488 e. The van der Waals surface area contributed by atoms with E-state index in [0.717, 1.165) is 24.2 Å². The fourth-order valence-electron chi connectivity index (χ4n) is 5.10. The molecule has 4 rings (SSSR count). The second kappa shape index (κ2) is 13.2. The number of carbonyl (C=O) groups is 2. The molecule has 0 spiro atoms. The highest BCUT2D eigenvalue weighted by atomic mass is 16.6. The van der Waals surface area contributed by atoms with Crippen LogP contribution in [0.5, 0.6) is 5.75 Å². The molecule has 1 saturated heterocycles. The molecule has 0 saturated carbocycles. The number of amides is 2. The third-order valence-electron chi connectivity index (χ3n) is 7.14. The number of esters is 1. The first kappa shape index (κ1) is 32.0. The third-order valence-corrected chi connectivity index (χ3v) is 7.14. The Morgan fingerprint density at radius 1 is 0.977 bits per heavy atom. The molecule has 2 amide bonds. The summed E-state index contributed by atoms with van der Waals surface area (Å²) in [5.41, 5.74) is 2.28. The lowest BCUT2D eigenvalue weighted by molar-refractivity contribution is -0.157. The normalized spacial score (nSPS) is 16.9. The summed E-state index contributed by atoms with van der Waals surface area (Å²) in [6.45, 7) is 16.1. The predicted octanol–water partition coefficient (Wildman–Crippen LogP) is 6.70. The topological polar surface area (TPSA) is 107 Å². The van der Waals surface area contributed by atoms with Crippen LogP contribution in [0.1, 0.15) is 102 Å². The van der Waals surface area contributed by atoms with Crippen LogP contribution in [0.25, 0.3) is 0 Å². The molecule has 0 bridgehead atoms. The zero-order chi connectivity index (χ0) is 31.4. The highest BCUT2D eigenvalue weighted by Crippen LogP contribution is 2.32. The number of carbonyl (C=O) groups excluding carboxylic acids is 2. The molecule has 3 atom stereocenters. The van der Waals surface area contributed by atoms with Crippen LogP contribution in [-0.4, -0.2) is 50.8 Å². The van der Waals surface area contributed by atoms with Crippen LogP contribution in [0, 0.1) is 6.92 Å². The van der Waals surface area contributed by atoms with Crippen molar-refractivity contribution < 1.29 is 23.6 Å². The molecule has 2 aromatic carbocycles. The zero-order valence-electron chi connectivity index (χ0n) is 26.8. The van der Waals surface area contributed by atoms with E-state index in [0.29, 0.717) is 24.7 Å². The molecule has 3 aromatic rings. The Morgan fingerprint density at radius 2 is 1.60 bits per heavy atom. The Bertz CT molecular complexity index is 1370. The Morgan fingerprint density at radius 3 is 2.23 bits per heavy atom. The highest BCUT2D eigenvalue weighted by molar-refractivity contribution is 5.84. The van der Waals surface area contributed by atoms with Gasteiger partial charge in [0.05, 0.1) is 0 Å². The molecule has 43 heavy (non-hydrogen) atoms. The molecule has 2 heterocycles. The number of benzene rings is 2. The number of nitrogens with one attached hydrogen (secondary N) is 1. The SMILES string of the molecule is Cc1ccc(C[C@H](C)c2noc([C@@H]3CCCN3C(=O)N[C@@H](Cc3ccc(OC(C)(C)C)cc3)C(=O)OC(C)(C)C)n2)cc1. The number of rotatable bonds is 9. The van der Waals surface area contributed by atoms with Gasteiger partial charge in [-0.1, -0.05) is 54.0 Å². The van der Waals surface area contributed by atoms with Crippen molar-refractivity contribution in [3.8, 4) is 5.75 Å². The van der Waals surface area contributed by atoms with Crippen LogP contribution < -0.4 is 10.1 Å². The first-order valence-corrected chi connectivity index (χ1v) is 15.1. The van der Waals surface area contributed by atoms with E-state index in [-0.39, 0.29) is 30.0 Å². The molecule has 0 aliphatic carbocycles. The number of urea groups is 1. The summed E-state index contributed by atoms with van der Waals surface area (Å²) >= 11 is 0. The lowest BCUT2D eigenvalue weighted by atomic mass is 10.00. The summed E-state index contributed by atoms with van der Waals surface area (Å²) in [6, 6.07) is 14.4. The van der Waals surface area contributed by atoms with Gasteiger partial charge in [-0.05, 0) is 91.0 Å². The van der Waals surface area contributed by atoms with E-state index in [9.17, 15) is 9.59 Å². The maximum atomic E-state index is 13.6. The molecule has 1 fully saturated rings. The van der Waals surface area contributed by atoms with Gasteiger partial charge in [-0.25, -0.2) is 9.59 Å². The van der Waals surface area contributed by atoms with Crippen LogP contribution in [0.15, 0.2) is 53.1 Å². The number of hydrogen-bond acceptors (Lipinski definition) is 7. The fourth-order valence-corrected chi connectivity index (χ4v) is 5.10. The van der Waals surface area contributed by atoms with Crippen molar-refractivity contribution >= 4 is 12.0 Å². The molecule has 9 heteroatoms. The van der Waals surface area contributed by atoms with Gasteiger partial charge in [0.1, 0.15) is 29.0 Å². The smallest absolute Gasteiger partial charge is 0.329 e. The van der Waals surface area contributed by atoms with E-state index >= 15 is 0 Å². The lowest BCUT2D eigenvalue weighted by Crippen LogP contribution is -2.50. The van der Waals surface area contributed by atoms with Crippen molar-refractivity contribution in [3.63, 3.8) is 0 Å². The van der Waals surface area contributed by atoms with Crippen molar-refractivity contribution in [2.75, 3.05) is 6.54 Å². The summed E-state index contributed by atoms with van der Waals surface area (Å²) in [5, 5.41) is 7.19. The molecular weight excluding hydrogens is 544 g/mol. The predicted molar refractivity (Wildman–Crippen MR) is 165 cm³/mol. The number of hydrogen-bond donors (Lipinski definition) is 1. The Kier molecular flexibility index (Phi) is 9.82. The van der Waals surface area contributed by atoms with Gasteiger partial charge in [-0.2, -0.15) is 4.98 Å². The molecule has 1 N–H and O–H groups in total. The first-order chi connectivity index (χ1) is 20.2. The second-order valence-corrected chi connectivity index (χ2v) is 13.5. The molecule has 0 radical (unpaired) electrons. The van der Waals surface area contributed by atoms with E-state index in [1.807, 2.05) is 65.8 Å². The number of likely N-dealkylation sites (tertiary alicyclic amines) is 1. The Balaban J connectivity index is 1.45. The molecule has 1 aliphatic heterocycles. The van der Waals surface area contributed by atoms with Crippen LogP contribution in [0.2, 0.25) is 0 Å². The molecule has 232 valence electrons. The summed E-state index contributed by atoms with van der Waals surface area (Å²) in [6.07, 6.45) is 2.56. The Hall–Kier alpha value is -3.88. The van der Waals surface area contributed by atoms with Crippen molar-refractivity contribution in [1.29, 1.82) is 0 Å². The fraction of sp³-hybridized carbons (Fsp3) is 0.529. The van der Waals surface area contributed by atoms with Gasteiger partial charge in [0.25, 0.3) is 0 Å². The van der Waals surface area contributed by atoms with Gasteiger partial charge in [-0.15, -0.1) is 0 Å². The maximum absolute atomic E-state index is 13.6. The van der Waals surface area contributed by atoms with Crippen molar-refractivity contribution in [2.45, 2.75) is 110 Å². The minimum Gasteiger partial charge on any atom is -0.488 e. The van der Waals surface area contributed by atoms with E-state index in [4.69, 9.17) is 19.0 Å². The van der Waals surface area contributed by atoms with Gasteiger partial charge >= 0.3 is 12.0 Å². The van der Waals surface area contributed by atoms with Crippen molar-refractivity contribution in [2.24, 2.45) is 0 Å². The number of nitrogens with zero attached hydrogens (tertiary/aromatic N) is 3. The Labute approximate surface area is 255 Å². The summed E-state index contributed by atoms with van der Waals surface area (Å²) in [4.78, 5) is 33.2. The molecule has 1 aromatic heterocycles. The summed E-state index contributed by atoms with van der Waals surface area (Å²) < 4.78 is 17.3. The van der Waals surface area contributed by atoms with Crippen LogP contribution in [0.4, 0.5) is 4.79 Å². The van der Waals surface area contributed by atoms with Gasteiger partial charge in [0.15, 0.2) is 5.82 Å². The number of aryl methyl sites for hydroxylation is 1. The van der Waals surface area contributed by atoms with Gasteiger partial charge in [0, 0.05) is 18.9 Å². The average molecular weight is 591 g/mol. The van der Waals surface area contributed by atoms with Crippen LogP contribution in [0.3, 0.4) is 0 Å². The van der Waals surface area contributed by atoms with Gasteiger partial charge in [0.2, 0.25) is 5.89 Å². The molecule has 1 aliphatic rings. The first-order valence-electron chi connectivity index (χ1n) is 15.1. The third kappa shape index (κ3) is 9.30. The van der Waals surface area contributed by atoms with E-state index in [2.05, 4.69) is 48.6 Å². The van der Waals surface area contributed by atoms with Gasteiger partial charge < -0.3 is 24.2 Å². The molecule has 0 unspecified atom stereocenters. The summed E-state index contributed by atoms with van der Waals surface area (Å²) in [7, 11) is 0. The average Bonchev–Trinajstić information content (AvgIpc) is 3.59. The minimum absolute atomic E-state index is 0.0561. The second-order valence-electron chi connectivity index (χ2n) is 13.5. The van der Waals surface area contributed by atoms with Crippen LogP contribution in [-0.2, 0) is 22.4 Å². The minimum atomic E-state index is -0.880. The highest BCUT2D eigenvalue weighted by Gasteiger charge is 2.37. The number of aromatic nitrogens is 2. The standard InChI is InChI=1S/C34H46N4O5/c1-22-11-13-24(14-12-22)20-23(2)29-36-30(43-37-29)28-10-9-19-38(28)32(40)35-27(31(39)42-34(6,7)8)21-25-15-17-26(18-16-25)41-33(3,4)5/h11-18,23,27-28H,9-10,19-21H2,1-8H3,(H,35,40)/t23-,27-,28-/m0/s1. The van der Waals surface area contributed by atoms with E-state index in [1.54, 1.807) is 4.90 Å². The van der Waals surface area contributed by atoms with E-state index in [1.165, 1.54) is 11.1 Å². The molecule has 9 nitrogen and oxygen atoms in total. The van der Waals surface area contributed by atoms with E-state index < -0.39 is 17.6 Å². The monoisotopic (exact) mass is 590 g/mol. The number of ether oxygens (including phenoxy) is 2. The summed E-state index contributed by atoms with van der Waals surface area (Å²) in [5.74, 6) is 1.34. The molecular formula is C34H46N4O5. The van der Waals surface area contributed by atoms with Crippen molar-refractivity contribution in [1.82, 2.24) is 20.4 Å². The van der Waals surface area contributed by atoms with Crippen molar-refractivity contribution in [3.05, 3.63) is 76.9 Å². The maximum Gasteiger partial charge on any atom is 0.329 e. The zero-order valence-corrected chi connectivity index (χ0v) is 26.8. The van der Waals surface area contributed by atoms with Crippen LogP contribution >= 0.6 is 0 Å². The quantitative estimate of drug-likeness (QED) is 0.276. The van der Waals surface area contributed by atoms with Gasteiger partial charge in [-0.3, -0.25) is 0 Å².